The van der Waals surface area contributed by atoms with Crippen LogP contribution in [0.25, 0.3) is 22.3 Å². The molecule has 0 aliphatic carbocycles. The lowest BCUT2D eigenvalue weighted by Gasteiger charge is -2.09. The molecule has 0 saturated heterocycles. The van der Waals surface area contributed by atoms with E-state index < -0.39 is 0 Å². The summed E-state index contributed by atoms with van der Waals surface area (Å²) in [5.74, 6) is 0. The lowest BCUT2D eigenvalue weighted by atomic mass is 9.64. The second-order valence-electron chi connectivity index (χ2n) is 7.83. The van der Waals surface area contributed by atoms with E-state index in [1.807, 2.05) is 24.3 Å². The van der Waals surface area contributed by atoms with Crippen molar-refractivity contribution < 1.29 is 0 Å². The Morgan fingerprint density at radius 3 is 1.50 bits per heavy atom. The van der Waals surface area contributed by atoms with Crippen LogP contribution in [0.4, 0.5) is 11.4 Å². The van der Waals surface area contributed by atoms with E-state index in [0.29, 0.717) is 0 Å². The van der Waals surface area contributed by atoms with Gasteiger partial charge in [0.05, 0.1) is 0 Å². The molecule has 0 bridgehead atoms. The molecule has 0 aliphatic rings. The molecule has 0 saturated carbocycles. The third kappa shape index (κ3) is 4.82. The molecule has 0 heterocycles. The molecule has 0 amide bonds. The molecule has 0 atom stereocenters. The van der Waals surface area contributed by atoms with Crippen molar-refractivity contribution in [1.29, 1.82) is 0 Å². The Hall–Kier alpha value is -4.04. The molecule has 5 aromatic rings. The average molecular weight is 408 g/mol. The molecule has 0 spiro atoms. The van der Waals surface area contributed by atoms with E-state index in [1.165, 1.54) is 33.2 Å². The predicted molar refractivity (Wildman–Crippen MR) is 139 cm³/mol. The summed E-state index contributed by atoms with van der Waals surface area (Å²) >= 11 is 0. The number of hydrogen-bond acceptors (Lipinski definition) is 1. The van der Waals surface area contributed by atoms with Gasteiger partial charge in [-0.25, -0.2) is 0 Å². The molecule has 0 aliphatic heterocycles. The van der Waals surface area contributed by atoms with Gasteiger partial charge >= 0.3 is 0 Å². The third-order valence-corrected chi connectivity index (χ3v) is 5.52. The first-order valence-electron chi connectivity index (χ1n) is 10.9. The molecule has 5 rings (SSSR count). The Kier molecular flexibility index (Phi) is 5.85. The molecular weight excluding hydrogens is 385 g/mol. The van der Waals surface area contributed by atoms with E-state index in [9.17, 15) is 0 Å². The minimum absolute atomic E-state index is 1.08. The van der Waals surface area contributed by atoms with Crippen molar-refractivity contribution in [2.75, 3.05) is 5.32 Å². The molecule has 151 valence electrons. The van der Waals surface area contributed by atoms with Crippen molar-refractivity contribution in [1.82, 2.24) is 0 Å². The third-order valence-electron chi connectivity index (χ3n) is 5.52. The predicted octanol–water partition coefficient (Wildman–Crippen LogP) is 6.42. The molecule has 1 radical (unpaired) electrons. The monoisotopic (exact) mass is 408 g/mol. The quantitative estimate of drug-likeness (QED) is 0.320. The summed E-state index contributed by atoms with van der Waals surface area (Å²) in [5.41, 5.74) is 9.47. The first-order chi connectivity index (χ1) is 15.8. The van der Waals surface area contributed by atoms with Crippen molar-refractivity contribution in [3.8, 4) is 22.3 Å². The van der Waals surface area contributed by atoms with Crippen LogP contribution in [0, 0.1) is 0 Å². The van der Waals surface area contributed by atoms with Crippen molar-refractivity contribution in [2.45, 2.75) is 0 Å². The Labute approximate surface area is 190 Å². The maximum Gasteiger partial charge on any atom is 0.191 e. The molecule has 5 aromatic carbocycles. The number of rotatable bonds is 6. The summed E-state index contributed by atoms with van der Waals surface area (Å²) in [4.78, 5) is 0. The smallest absolute Gasteiger partial charge is 0.191 e. The molecular formula is C30H23BN. The molecule has 0 unspecified atom stereocenters. The van der Waals surface area contributed by atoms with Crippen LogP contribution in [-0.2, 0) is 0 Å². The van der Waals surface area contributed by atoms with E-state index in [0.717, 1.165) is 11.4 Å². The molecule has 0 fully saturated rings. The van der Waals surface area contributed by atoms with Gasteiger partial charge in [-0.3, -0.25) is 0 Å². The minimum Gasteiger partial charge on any atom is -0.356 e. The fourth-order valence-corrected chi connectivity index (χ4v) is 3.83. The average Bonchev–Trinajstić information content (AvgIpc) is 2.86. The van der Waals surface area contributed by atoms with Crippen molar-refractivity contribution >= 4 is 29.6 Å². The Morgan fingerprint density at radius 2 is 0.875 bits per heavy atom. The van der Waals surface area contributed by atoms with Crippen molar-refractivity contribution in [3.63, 3.8) is 0 Å². The molecule has 1 nitrogen and oxygen atoms in total. The van der Waals surface area contributed by atoms with Gasteiger partial charge in [-0.05, 0) is 52.6 Å². The van der Waals surface area contributed by atoms with Gasteiger partial charge in [-0.1, -0.05) is 114 Å². The molecule has 0 aromatic heterocycles. The zero-order valence-corrected chi connectivity index (χ0v) is 17.8. The van der Waals surface area contributed by atoms with Crippen molar-refractivity contribution in [3.05, 3.63) is 133 Å². The van der Waals surface area contributed by atoms with E-state index in [4.69, 9.17) is 0 Å². The summed E-state index contributed by atoms with van der Waals surface area (Å²) in [6.45, 7) is 0. The van der Waals surface area contributed by atoms with E-state index in [2.05, 4.69) is 122 Å². The van der Waals surface area contributed by atoms with Gasteiger partial charge in [-0.15, -0.1) is 0 Å². The number of benzene rings is 5. The normalized spacial score (nSPS) is 10.5. The zero-order valence-electron chi connectivity index (χ0n) is 17.8. The molecule has 1 N–H and O–H groups in total. The van der Waals surface area contributed by atoms with Gasteiger partial charge in [0, 0.05) is 11.4 Å². The highest BCUT2D eigenvalue weighted by Crippen LogP contribution is 2.27. The van der Waals surface area contributed by atoms with Crippen LogP contribution in [-0.4, -0.2) is 7.28 Å². The van der Waals surface area contributed by atoms with Crippen LogP contribution >= 0.6 is 0 Å². The highest BCUT2D eigenvalue weighted by atomic mass is 14.9. The van der Waals surface area contributed by atoms with Crippen LogP contribution in [0.3, 0.4) is 0 Å². The lowest BCUT2D eigenvalue weighted by Crippen LogP contribution is -2.26. The van der Waals surface area contributed by atoms with Gasteiger partial charge in [-0.2, -0.15) is 0 Å². The number of anilines is 2. The Morgan fingerprint density at radius 1 is 0.375 bits per heavy atom. The molecule has 2 heteroatoms. The first-order valence-corrected chi connectivity index (χ1v) is 10.9. The van der Waals surface area contributed by atoms with Crippen LogP contribution < -0.4 is 16.2 Å². The second kappa shape index (κ2) is 9.41. The van der Waals surface area contributed by atoms with Gasteiger partial charge in [0.2, 0.25) is 0 Å². The summed E-state index contributed by atoms with van der Waals surface area (Å²) in [7, 11) is 2.20. The van der Waals surface area contributed by atoms with Crippen LogP contribution in [0.15, 0.2) is 133 Å². The summed E-state index contributed by atoms with van der Waals surface area (Å²) < 4.78 is 0. The van der Waals surface area contributed by atoms with Gasteiger partial charge < -0.3 is 5.32 Å². The topological polar surface area (TPSA) is 12.0 Å². The Bertz CT molecular complexity index is 1180. The SMILES string of the molecule is [B](c1ccccc1)c1ccc(-c2cccc(-c3ccc(Nc4ccccc4)cc3)c2)cc1. The number of nitrogens with one attached hydrogen (secondary N) is 1. The van der Waals surface area contributed by atoms with E-state index in [1.54, 1.807) is 0 Å². The van der Waals surface area contributed by atoms with Gasteiger partial charge in [0.15, 0.2) is 7.28 Å². The zero-order chi connectivity index (χ0) is 21.6. The first kappa shape index (κ1) is 19.9. The maximum absolute atomic E-state index is 3.44. The van der Waals surface area contributed by atoms with Crippen molar-refractivity contribution in [2.24, 2.45) is 0 Å². The maximum atomic E-state index is 3.44. The summed E-state index contributed by atoms with van der Waals surface area (Å²) in [6, 6.07) is 46.7. The molecule has 32 heavy (non-hydrogen) atoms. The van der Waals surface area contributed by atoms with E-state index >= 15 is 0 Å². The minimum atomic E-state index is 1.08. The number of para-hydroxylation sites is 1. The second-order valence-corrected chi connectivity index (χ2v) is 7.83. The Balaban J connectivity index is 1.32. The largest absolute Gasteiger partial charge is 0.356 e. The number of hydrogen-bond donors (Lipinski definition) is 1. The van der Waals surface area contributed by atoms with Crippen LogP contribution in [0.5, 0.6) is 0 Å². The van der Waals surface area contributed by atoms with Crippen LogP contribution in [0.2, 0.25) is 0 Å². The fraction of sp³-hybridized carbons (Fsp3) is 0. The van der Waals surface area contributed by atoms with Gasteiger partial charge in [0.25, 0.3) is 0 Å². The van der Waals surface area contributed by atoms with E-state index in [-0.39, 0.29) is 0 Å². The summed E-state index contributed by atoms with van der Waals surface area (Å²) in [5, 5.41) is 3.44. The standard InChI is InChI=1S/C30H23BN/c1-3-10-27(11-4-1)31-28-18-14-23(15-19-28)25-8-7-9-26(22-25)24-16-20-30(21-17-24)32-29-12-5-2-6-13-29/h1-22,32H. The summed E-state index contributed by atoms with van der Waals surface area (Å²) in [6.07, 6.45) is 0. The fourth-order valence-electron chi connectivity index (χ4n) is 3.83. The lowest BCUT2D eigenvalue weighted by molar-refractivity contribution is 1.54. The highest BCUT2D eigenvalue weighted by Gasteiger charge is 2.04. The van der Waals surface area contributed by atoms with Crippen LogP contribution in [0.1, 0.15) is 0 Å². The van der Waals surface area contributed by atoms with Gasteiger partial charge in [0.1, 0.15) is 0 Å². The highest BCUT2D eigenvalue weighted by molar-refractivity contribution is 6.67.